The van der Waals surface area contributed by atoms with Gasteiger partial charge in [0, 0.05) is 17.8 Å². The number of hydrogen-bond acceptors (Lipinski definition) is 3. The Morgan fingerprint density at radius 3 is 2.16 bits per heavy atom. The van der Waals surface area contributed by atoms with E-state index in [0.717, 1.165) is 17.5 Å². The Morgan fingerprint density at radius 2 is 1.64 bits per heavy atom. The molecule has 0 aliphatic heterocycles. The van der Waals surface area contributed by atoms with E-state index >= 15 is 0 Å². The summed E-state index contributed by atoms with van der Waals surface area (Å²) in [7, 11) is 0. The van der Waals surface area contributed by atoms with Crippen LogP contribution in [0.4, 0.5) is 10.5 Å². The topological polar surface area (TPSA) is 50.4 Å². The second-order valence-corrected chi connectivity index (χ2v) is 8.75. The summed E-state index contributed by atoms with van der Waals surface area (Å²) in [4.78, 5) is 11.8. The molecule has 1 aromatic carbocycles. The number of carbonyl (C=O) groups is 1. The molecular weight excluding hydrogens is 312 g/mol. The van der Waals surface area contributed by atoms with Gasteiger partial charge in [0.1, 0.15) is 5.60 Å². The summed E-state index contributed by atoms with van der Waals surface area (Å²) in [5.41, 5.74) is 1.50. The molecule has 1 fully saturated rings. The lowest BCUT2D eigenvalue weighted by Crippen LogP contribution is -2.37. The molecule has 1 amide bonds. The zero-order chi connectivity index (χ0) is 18.6. The molecule has 3 atom stereocenters. The fraction of sp³-hybridized carbons (Fsp3) is 0.667. The van der Waals surface area contributed by atoms with Crippen molar-refractivity contribution < 1.29 is 9.53 Å². The van der Waals surface area contributed by atoms with Gasteiger partial charge in [-0.15, -0.1) is 0 Å². The molecule has 4 nitrogen and oxygen atoms in total. The number of anilines is 1. The van der Waals surface area contributed by atoms with Crippen molar-refractivity contribution >= 4 is 11.8 Å². The van der Waals surface area contributed by atoms with Gasteiger partial charge in [-0.05, 0) is 76.5 Å². The van der Waals surface area contributed by atoms with Crippen molar-refractivity contribution in [3.8, 4) is 0 Å². The Balaban J connectivity index is 1.89. The maximum atomic E-state index is 11.8. The Hall–Kier alpha value is -1.55. The first-order chi connectivity index (χ1) is 11.6. The van der Waals surface area contributed by atoms with Gasteiger partial charge in [-0.3, -0.25) is 5.32 Å². The molecule has 1 aliphatic carbocycles. The number of nitrogens with one attached hydrogen (secondary N) is 2. The second kappa shape index (κ2) is 8.22. The lowest BCUT2D eigenvalue weighted by Gasteiger charge is -2.34. The summed E-state index contributed by atoms with van der Waals surface area (Å²) in [6.07, 6.45) is 3.44. The smallest absolute Gasteiger partial charge is 0.412 e. The van der Waals surface area contributed by atoms with Crippen LogP contribution in [0.5, 0.6) is 0 Å². The Bertz CT molecular complexity index is 552. The lowest BCUT2D eigenvalue weighted by atomic mass is 9.80. The first-order valence-corrected chi connectivity index (χ1v) is 9.48. The van der Waals surface area contributed by atoms with Crippen LogP contribution in [0.1, 0.15) is 72.4 Å². The minimum atomic E-state index is -0.489. The van der Waals surface area contributed by atoms with E-state index in [4.69, 9.17) is 4.74 Å². The van der Waals surface area contributed by atoms with Crippen molar-refractivity contribution in [3.63, 3.8) is 0 Å². The van der Waals surface area contributed by atoms with Gasteiger partial charge < -0.3 is 10.1 Å². The maximum absolute atomic E-state index is 11.8. The molecule has 1 aromatic rings. The number of benzene rings is 1. The minimum Gasteiger partial charge on any atom is -0.444 e. The zero-order valence-corrected chi connectivity index (χ0v) is 16.6. The van der Waals surface area contributed by atoms with Crippen LogP contribution in [0.2, 0.25) is 0 Å². The predicted molar refractivity (Wildman–Crippen MR) is 104 cm³/mol. The molecule has 1 aliphatic rings. The Morgan fingerprint density at radius 1 is 1.08 bits per heavy atom. The van der Waals surface area contributed by atoms with Gasteiger partial charge in [0.25, 0.3) is 0 Å². The van der Waals surface area contributed by atoms with E-state index in [1.54, 1.807) is 0 Å². The van der Waals surface area contributed by atoms with Gasteiger partial charge in [-0.1, -0.05) is 26.0 Å². The van der Waals surface area contributed by atoms with Crippen molar-refractivity contribution in [2.75, 3.05) is 5.32 Å². The molecule has 0 aromatic heterocycles. The van der Waals surface area contributed by atoms with E-state index in [1.165, 1.54) is 24.8 Å². The molecule has 0 heterocycles. The first kappa shape index (κ1) is 19.8. The normalized spacial score (nSPS) is 25.3. The van der Waals surface area contributed by atoms with Crippen molar-refractivity contribution in [1.29, 1.82) is 0 Å². The molecule has 0 spiro atoms. The first-order valence-electron chi connectivity index (χ1n) is 9.48. The number of rotatable bonds is 4. The second-order valence-electron chi connectivity index (χ2n) is 8.75. The van der Waals surface area contributed by atoms with E-state index < -0.39 is 11.7 Å². The molecule has 2 N–H and O–H groups in total. The van der Waals surface area contributed by atoms with E-state index in [9.17, 15) is 4.79 Å². The van der Waals surface area contributed by atoms with E-state index in [-0.39, 0.29) is 0 Å². The molecule has 25 heavy (non-hydrogen) atoms. The summed E-state index contributed by atoms with van der Waals surface area (Å²) in [6.45, 7) is 12.5. The Labute approximate surface area is 152 Å². The van der Waals surface area contributed by atoms with Gasteiger partial charge >= 0.3 is 6.09 Å². The average molecular weight is 347 g/mol. The quantitative estimate of drug-likeness (QED) is 0.756. The van der Waals surface area contributed by atoms with Gasteiger partial charge in [0.15, 0.2) is 0 Å². The lowest BCUT2D eigenvalue weighted by molar-refractivity contribution is 0.0636. The van der Waals surface area contributed by atoms with Gasteiger partial charge in [0.05, 0.1) is 0 Å². The highest BCUT2D eigenvalue weighted by atomic mass is 16.6. The Kier molecular flexibility index (Phi) is 6.50. The summed E-state index contributed by atoms with van der Waals surface area (Å²) in [5, 5.41) is 6.55. The molecule has 2 rings (SSSR count). The summed E-state index contributed by atoms with van der Waals surface area (Å²) in [5.74, 6) is 1.60. The molecule has 0 saturated heterocycles. The summed E-state index contributed by atoms with van der Waals surface area (Å²) < 4.78 is 5.28. The average Bonchev–Trinajstić information content (AvgIpc) is 2.44. The third-order valence-electron chi connectivity index (χ3n) is 4.72. The molecular formula is C21H34N2O2. The molecule has 140 valence electrons. The van der Waals surface area contributed by atoms with Crippen LogP contribution >= 0.6 is 0 Å². The molecule has 4 heteroatoms. The van der Waals surface area contributed by atoms with Crippen molar-refractivity contribution in [1.82, 2.24) is 5.32 Å². The highest BCUT2D eigenvalue weighted by molar-refractivity contribution is 5.84. The van der Waals surface area contributed by atoms with Crippen molar-refractivity contribution in [2.24, 2.45) is 11.8 Å². The van der Waals surface area contributed by atoms with E-state index in [1.807, 2.05) is 32.9 Å². The maximum Gasteiger partial charge on any atom is 0.412 e. The number of carbonyl (C=O) groups excluding carboxylic acids is 1. The molecule has 0 bridgehead atoms. The largest absolute Gasteiger partial charge is 0.444 e. The third-order valence-corrected chi connectivity index (χ3v) is 4.72. The number of hydrogen-bond donors (Lipinski definition) is 2. The van der Waals surface area contributed by atoms with Crippen LogP contribution in [0.25, 0.3) is 0 Å². The standard InChI is InChI=1S/C21H34N2O2/c1-14-11-15(2)13-19(12-14)22-16(3)17-7-9-18(10-8-17)23-20(24)25-21(4,5)6/h7-10,14-16,19,22H,11-13H2,1-6H3,(H,23,24). The SMILES string of the molecule is CC1CC(C)CC(NC(C)c2ccc(NC(=O)OC(C)(C)C)cc2)C1. The van der Waals surface area contributed by atoms with Crippen LogP contribution in [0.15, 0.2) is 24.3 Å². The van der Waals surface area contributed by atoms with Crippen LogP contribution < -0.4 is 10.6 Å². The molecule has 3 unspecified atom stereocenters. The van der Waals surface area contributed by atoms with Crippen LogP contribution in [0, 0.1) is 11.8 Å². The summed E-state index contributed by atoms with van der Waals surface area (Å²) in [6, 6.07) is 8.90. The van der Waals surface area contributed by atoms with E-state index in [2.05, 4.69) is 43.5 Å². The molecule has 1 saturated carbocycles. The minimum absolute atomic E-state index is 0.304. The van der Waals surface area contributed by atoms with Crippen LogP contribution in [0.3, 0.4) is 0 Å². The molecule has 0 radical (unpaired) electrons. The van der Waals surface area contributed by atoms with Gasteiger partial charge in [-0.25, -0.2) is 4.79 Å². The third kappa shape index (κ3) is 6.69. The summed E-state index contributed by atoms with van der Waals surface area (Å²) >= 11 is 0. The van der Waals surface area contributed by atoms with E-state index in [0.29, 0.717) is 12.1 Å². The number of ether oxygens (including phenoxy) is 1. The number of amides is 1. The van der Waals surface area contributed by atoms with Crippen LogP contribution in [-0.4, -0.2) is 17.7 Å². The van der Waals surface area contributed by atoms with Crippen LogP contribution in [-0.2, 0) is 4.74 Å². The highest BCUT2D eigenvalue weighted by Crippen LogP contribution is 2.30. The fourth-order valence-corrected chi connectivity index (χ4v) is 3.81. The van der Waals surface area contributed by atoms with Crippen molar-refractivity contribution in [3.05, 3.63) is 29.8 Å². The monoisotopic (exact) mass is 346 g/mol. The van der Waals surface area contributed by atoms with Gasteiger partial charge in [0.2, 0.25) is 0 Å². The zero-order valence-electron chi connectivity index (χ0n) is 16.6. The fourth-order valence-electron chi connectivity index (χ4n) is 3.81. The predicted octanol–water partition coefficient (Wildman–Crippen LogP) is 5.51. The van der Waals surface area contributed by atoms with Crippen molar-refractivity contribution in [2.45, 2.75) is 78.5 Å². The highest BCUT2D eigenvalue weighted by Gasteiger charge is 2.25. The van der Waals surface area contributed by atoms with Gasteiger partial charge in [-0.2, -0.15) is 0 Å².